The molecule has 0 N–H and O–H groups in total. The zero-order chi connectivity index (χ0) is 61.2. The Balaban J connectivity index is 0.000000128. The molecule has 436 valence electrons. The molecule has 16 aromatic rings. The van der Waals surface area contributed by atoms with Crippen molar-refractivity contribution in [3.63, 3.8) is 0 Å². The average molecular weight is 1180 g/mol. The van der Waals surface area contributed by atoms with Gasteiger partial charge in [-0.2, -0.15) is 0 Å². The minimum Gasteiger partial charge on any atom is -0.456 e. The third-order valence-electron chi connectivity index (χ3n) is 17.4. The van der Waals surface area contributed by atoms with Gasteiger partial charge >= 0.3 is 0 Å². The zero-order valence-corrected chi connectivity index (χ0v) is 50.2. The van der Waals surface area contributed by atoms with Gasteiger partial charge in [0.15, 0.2) is 29.1 Å². The fourth-order valence-corrected chi connectivity index (χ4v) is 12.6. The summed E-state index contributed by atoms with van der Waals surface area (Å²) < 4.78 is 11.9. The molecule has 4 aromatic heterocycles. The van der Waals surface area contributed by atoms with Crippen LogP contribution in [0, 0.1) is 0 Å². The standard InChI is InChI=1S/C43H27N3O.C29H21N3.C12H10O/c1-2-9-28(10-3-1)30-17-19-31(20-18-30)32-21-24-33(25-22-32)41-44-42(35-26-23-29-11-4-5-12-34(29)27-35)46-43(45-41)37-14-8-16-39-40(37)36-13-6-7-15-38(36)47-39;1-3-7-24-17-26(15-11-20(24)5-1)22-9-13-23(14-10-22)28-30-19-31-29(32-28)27-16-12-21-6-2-4-8-25(21)18-27;1-3-7-11-9(5-1)10-6-2-4-8-12(10)13-11/h1-27H;1-10,12-14,16-19H,11,15H2;1,3,5-8H,2,4H2. The first-order chi connectivity index (χ1) is 45.5. The van der Waals surface area contributed by atoms with E-state index in [0.717, 1.165) is 103 Å². The van der Waals surface area contributed by atoms with E-state index in [1.54, 1.807) is 6.33 Å². The number of aromatic nitrogens is 6. The molecular formula is C84H58N6O2. The van der Waals surface area contributed by atoms with E-state index in [9.17, 15) is 0 Å². The molecule has 0 bridgehead atoms. The number of hydrogen-bond acceptors (Lipinski definition) is 8. The number of fused-ring (bicyclic) bond motifs is 9. The van der Waals surface area contributed by atoms with Crippen LogP contribution in [0.25, 0.3) is 157 Å². The first-order valence-corrected chi connectivity index (χ1v) is 31.2. The predicted molar refractivity (Wildman–Crippen MR) is 376 cm³/mol. The van der Waals surface area contributed by atoms with E-state index in [4.69, 9.17) is 28.8 Å². The molecule has 0 aliphatic heterocycles. The molecule has 8 nitrogen and oxygen atoms in total. The van der Waals surface area contributed by atoms with Crippen LogP contribution in [0.4, 0.5) is 0 Å². The highest BCUT2D eigenvalue weighted by Crippen LogP contribution is 2.38. The summed E-state index contributed by atoms with van der Waals surface area (Å²) in [6.45, 7) is 0. The highest BCUT2D eigenvalue weighted by Gasteiger charge is 2.19. The molecule has 12 aromatic carbocycles. The molecule has 4 heterocycles. The van der Waals surface area contributed by atoms with E-state index in [1.807, 2.05) is 54.6 Å². The number of allylic oxidation sites excluding steroid dienone is 1. The first kappa shape index (κ1) is 55.3. The van der Waals surface area contributed by atoms with Crippen LogP contribution in [0.1, 0.15) is 36.0 Å². The molecule has 8 heteroatoms. The van der Waals surface area contributed by atoms with Gasteiger partial charge in [-0.05, 0) is 128 Å². The SMILES string of the molecule is C1=C(c2ccc(-c3ncnc(-c4ccc5ccccc5c4)n3)cc2)CCc2ccccc21.C1=c2oc3ccccc3c2=CCC1.c1ccc(-c2ccc(-c3ccc(-c4nc(-c5ccc6ccccc6c5)nc(-c5cccc6oc7ccccc7c56)n4)cc3)cc2)cc1. The van der Waals surface area contributed by atoms with E-state index in [-0.39, 0.29) is 0 Å². The maximum atomic E-state index is 6.21. The molecule has 92 heavy (non-hydrogen) atoms. The summed E-state index contributed by atoms with van der Waals surface area (Å²) in [6.07, 6.45) is 12.7. The van der Waals surface area contributed by atoms with Gasteiger partial charge in [-0.3, -0.25) is 0 Å². The largest absolute Gasteiger partial charge is 0.456 e. The molecule has 0 fully saturated rings. The minimum atomic E-state index is 0.607. The fourth-order valence-electron chi connectivity index (χ4n) is 12.6. The Bertz CT molecular complexity index is 5580. The van der Waals surface area contributed by atoms with Crippen LogP contribution >= 0.6 is 0 Å². The van der Waals surface area contributed by atoms with E-state index in [2.05, 4.69) is 253 Å². The van der Waals surface area contributed by atoms with Gasteiger partial charge in [0.1, 0.15) is 28.5 Å². The molecule has 0 atom stereocenters. The number of furan rings is 2. The van der Waals surface area contributed by atoms with Crippen molar-refractivity contribution in [2.75, 3.05) is 0 Å². The Hall–Kier alpha value is -12.0. The lowest BCUT2D eigenvalue weighted by Gasteiger charge is -2.16. The molecular weight excluding hydrogens is 1120 g/mol. The second kappa shape index (κ2) is 24.5. The molecule has 18 rings (SSSR count). The quantitative estimate of drug-likeness (QED) is 0.148. The molecule has 0 radical (unpaired) electrons. The summed E-state index contributed by atoms with van der Waals surface area (Å²) in [4.78, 5) is 28.8. The molecule has 2 aliphatic carbocycles. The lowest BCUT2D eigenvalue weighted by molar-refractivity contribution is 0.572. The van der Waals surface area contributed by atoms with Crippen LogP contribution in [0.3, 0.4) is 0 Å². The van der Waals surface area contributed by atoms with Crippen molar-refractivity contribution in [1.82, 2.24) is 29.9 Å². The smallest absolute Gasteiger partial charge is 0.164 e. The number of rotatable bonds is 8. The van der Waals surface area contributed by atoms with Gasteiger partial charge in [0.2, 0.25) is 0 Å². The maximum Gasteiger partial charge on any atom is 0.164 e. The Morgan fingerprint density at radius 3 is 1.48 bits per heavy atom. The van der Waals surface area contributed by atoms with E-state index < -0.39 is 0 Å². The molecule has 0 saturated heterocycles. The minimum absolute atomic E-state index is 0.607. The normalized spacial score (nSPS) is 12.4. The third-order valence-corrected chi connectivity index (χ3v) is 17.4. The molecule has 2 aliphatic rings. The van der Waals surface area contributed by atoms with Crippen molar-refractivity contribution >= 4 is 78.3 Å². The van der Waals surface area contributed by atoms with Crippen LogP contribution in [-0.4, -0.2) is 29.9 Å². The molecule has 0 unspecified atom stereocenters. The highest BCUT2D eigenvalue weighted by atomic mass is 16.3. The van der Waals surface area contributed by atoms with Crippen molar-refractivity contribution in [3.8, 4) is 79.2 Å². The summed E-state index contributed by atoms with van der Waals surface area (Å²) in [6, 6.07) is 96.5. The second-order valence-electron chi connectivity index (χ2n) is 23.2. The van der Waals surface area contributed by atoms with Crippen LogP contribution in [-0.2, 0) is 6.42 Å². The van der Waals surface area contributed by atoms with Gasteiger partial charge in [0.05, 0.1) is 0 Å². The maximum absolute atomic E-state index is 6.21. The van der Waals surface area contributed by atoms with Crippen molar-refractivity contribution in [3.05, 3.63) is 313 Å². The number of nitrogens with zero attached hydrogens (tertiary/aromatic N) is 6. The first-order valence-electron chi connectivity index (χ1n) is 31.2. The van der Waals surface area contributed by atoms with Crippen molar-refractivity contribution < 1.29 is 8.83 Å². The van der Waals surface area contributed by atoms with E-state index in [1.165, 1.54) is 60.2 Å². The Labute approximate surface area is 531 Å². The third kappa shape index (κ3) is 11.2. The molecule has 0 spiro atoms. The number of benzene rings is 12. The van der Waals surface area contributed by atoms with Gasteiger partial charge in [-0.15, -0.1) is 0 Å². The monoisotopic (exact) mass is 1180 g/mol. The summed E-state index contributed by atoms with van der Waals surface area (Å²) in [7, 11) is 0. The van der Waals surface area contributed by atoms with Crippen LogP contribution in [0.2, 0.25) is 0 Å². The van der Waals surface area contributed by atoms with Gasteiger partial charge < -0.3 is 8.83 Å². The molecule has 0 saturated carbocycles. The predicted octanol–water partition coefficient (Wildman–Crippen LogP) is 19.9. The van der Waals surface area contributed by atoms with Crippen molar-refractivity contribution in [2.45, 2.75) is 25.7 Å². The van der Waals surface area contributed by atoms with Crippen molar-refractivity contribution in [1.29, 1.82) is 0 Å². The Kier molecular flexibility index (Phi) is 14.7. The highest BCUT2D eigenvalue weighted by molar-refractivity contribution is 6.12. The zero-order valence-electron chi connectivity index (χ0n) is 50.2. The fraction of sp³-hybridized carbons (Fsp3) is 0.0476. The van der Waals surface area contributed by atoms with Crippen LogP contribution in [0.15, 0.2) is 294 Å². The van der Waals surface area contributed by atoms with Crippen molar-refractivity contribution in [2.24, 2.45) is 0 Å². The summed E-state index contributed by atoms with van der Waals surface area (Å²) in [5.74, 6) is 3.24. The lowest BCUT2D eigenvalue weighted by atomic mass is 9.88. The summed E-state index contributed by atoms with van der Waals surface area (Å²) in [5, 5.41) is 9.26. The van der Waals surface area contributed by atoms with Gasteiger partial charge in [0, 0.05) is 49.2 Å². The number of hydrogen-bond donors (Lipinski definition) is 0. The van der Waals surface area contributed by atoms with E-state index >= 15 is 0 Å². The second-order valence-corrected chi connectivity index (χ2v) is 23.2. The summed E-state index contributed by atoms with van der Waals surface area (Å²) >= 11 is 0. The van der Waals surface area contributed by atoms with Crippen LogP contribution < -0.4 is 10.6 Å². The number of para-hydroxylation sites is 2. The van der Waals surface area contributed by atoms with E-state index in [0.29, 0.717) is 29.1 Å². The Morgan fingerprint density at radius 1 is 0.304 bits per heavy atom. The summed E-state index contributed by atoms with van der Waals surface area (Å²) in [5.41, 5.74) is 18.5. The van der Waals surface area contributed by atoms with Gasteiger partial charge in [-0.1, -0.05) is 261 Å². The topological polar surface area (TPSA) is 104 Å². The molecule has 0 amide bonds. The Morgan fingerprint density at radius 2 is 0.783 bits per heavy atom. The average Bonchev–Trinajstić information content (AvgIpc) is 1.58. The lowest BCUT2D eigenvalue weighted by Crippen LogP contribution is -2.21. The number of aryl methyl sites for hydroxylation is 1. The van der Waals surface area contributed by atoms with Gasteiger partial charge in [-0.25, -0.2) is 29.9 Å². The van der Waals surface area contributed by atoms with Gasteiger partial charge in [0.25, 0.3) is 0 Å². The van der Waals surface area contributed by atoms with Crippen LogP contribution in [0.5, 0.6) is 0 Å².